The van der Waals surface area contributed by atoms with Crippen LogP contribution < -0.4 is 10.6 Å². The monoisotopic (exact) mass is 491 g/mol. The highest BCUT2D eigenvalue weighted by atomic mass is 35.5. The molecule has 166 valence electrons. The van der Waals surface area contributed by atoms with Crippen LogP contribution in [0.25, 0.3) is 10.9 Å². The minimum atomic E-state index is 0. The maximum Gasteiger partial charge on any atom is 0.0555 e. The summed E-state index contributed by atoms with van der Waals surface area (Å²) in [7, 11) is 0. The fourth-order valence-corrected chi connectivity index (χ4v) is 3.97. The van der Waals surface area contributed by atoms with Crippen LogP contribution in [0.2, 0.25) is 10.0 Å². The van der Waals surface area contributed by atoms with Crippen LogP contribution in [0.5, 0.6) is 0 Å². The van der Waals surface area contributed by atoms with Crippen molar-refractivity contribution in [3.8, 4) is 0 Å². The summed E-state index contributed by atoms with van der Waals surface area (Å²) < 4.78 is 2.32. The Balaban J connectivity index is 0.00000225. The molecule has 0 aliphatic carbocycles. The molecule has 3 N–H and O–H groups in total. The molecular formula is C22H29Cl4N3O. The molecule has 2 aromatic carbocycles. The SMILES string of the molecule is Cc1c(CNCCCNCCO)c2ccccc2n1Cc1ccc(Cl)cc1Cl.Cl.Cl. The Hall–Kier alpha value is -0.980. The number of halogens is 4. The first kappa shape index (κ1) is 27.1. The van der Waals surface area contributed by atoms with Crippen LogP contribution in [0.15, 0.2) is 42.5 Å². The second kappa shape index (κ2) is 13.4. The van der Waals surface area contributed by atoms with Gasteiger partial charge in [-0.3, -0.25) is 0 Å². The lowest BCUT2D eigenvalue weighted by atomic mass is 10.1. The van der Waals surface area contributed by atoms with Crippen LogP contribution in [0.4, 0.5) is 0 Å². The van der Waals surface area contributed by atoms with Gasteiger partial charge in [-0.25, -0.2) is 0 Å². The third kappa shape index (κ3) is 6.76. The molecule has 0 aliphatic rings. The van der Waals surface area contributed by atoms with Gasteiger partial charge in [0.25, 0.3) is 0 Å². The standard InChI is InChI=1S/C22H27Cl2N3O.2ClH/c1-16-20(14-26-10-4-9-25-11-12-28)19-5-2-3-6-22(19)27(16)15-17-7-8-18(23)13-21(17)24;;/h2-3,5-8,13,25-26,28H,4,9-12,14-15H2,1H3;2*1H. The Bertz CT molecular complexity index is 930. The maximum atomic E-state index is 8.79. The molecule has 30 heavy (non-hydrogen) atoms. The number of hydrogen-bond donors (Lipinski definition) is 3. The summed E-state index contributed by atoms with van der Waals surface area (Å²) in [6.07, 6.45) is 1.03. The molecule has 0 saturated carbocycles. The summed E-state index contributed by atoms with van der Waals surface area (Å²) in [6.45, 7) is 6.39. The van der Waals surface area contributed by atoms with Crippen molar-refractivity contribution in [2.45, 2.75) is 26.4 Å². The number of rotatable bonds is 10. The number of fused-ring (bicyclic) bond motifs is 1. The average Bonchev–Trinajstić information content (AvgIpc) is 2.95. The van der Waals surface area contributed by atoms with Crippen LogP contribution in [-0.2, 0) is 13.1 Å². The van der Waals surface area contributed by atoms with Gasteiger partial charge in [0.2, 0.25) is 0 Å². The van der Waals surface area contributed by atoms with E-state index in [1.54, 1.807) is 6.07 Å². The molecule has 0 bridgehead atoms. The number of nitrogens with zero attached hydrogens (tertiary/aromatic N) is 1. The summed E-state index contributed by atoms with van der Waals surface area (Å²) in [5, 5.41) is 18.2. The number of nitrogens with one attached hydrogen (secondary N) is 2. The van der Waals surface area contributed by atoms with Crippen LogP contribution in [0.1, 0.15) is 23.2 Å². The maximum absolute atomic E-state index is 8.79. The van der Waals surface area contributed by atoms with Crippen molar-refractivity contribution in [2.24, 2.45) is 0 Å². The first-order valence-electron chi connectivity index (χ1n) is 9.64. The minimum absolute atomic E-state index is 0. The first-order chi connectivity index (χ1) is 13.6. The van der Waals surface area contributed by atoms with Crippen LogP contribution >= 0.6 is 48.0 Å². The van der Waals surface area contributed by atoms with Crippen molar-refractivity contribution < 1.29 is 5.11 Å². The van der Waals surface area contributed by atoms with E-state index in [0.717, 1.165) is 31.6 Å². The summed E-state index contributed by atoms with van der Waals surface area (Å²) in [5.74, 6) is 0. The van der Waals surface area contributed by atoms with Gasteiger partial charge in [-0.15, -0.1) is 24.8 Å². The predicted molar refractivity (Wildman–Crippen MR) is 133 cm³/mol. The molecule has 0 aliphatic heterocycles. The zero-order chi connectivity index (χ0) is 19.9. The molecule has 0 unspecified atom stereocenters. The van der Waals surface area contributed by atoms with Gasteiger partial charge in [0.05, 0.1) is 6.61 Å². The van der Waals surface area contributed by atoms with E-state index in [9.17, 15) is 0 Å². The van der Waals surface area contributed by atoms with E-state index < -0.39 is 0 Å². The van der Waals surface area contributed by atoms with Crippen molar-refractivity contribution in [1.82, 2.24) is 15.2 Å². The second-order valence-corrected chi connectivity index (χ2v) is 7.75. The van der Waals surface area contributed by atoms with Crippen molar-refractivity contribution in [3.05, 3.63) is 69.3 Å². The van der Waals surface area contributed by atoms with Gasteiger partial charge in [0.15, 0.2) is 0 Å². The third-order valence-corrected chi connectivity index (χ3v) is 5.59. The molecule has 0 atom stereocenters. The highest BCUT2D eigenvalue weighted by Gasteiger charge is 2.14. The summed E-state index contributed by atoms with van der Waals surface area (Å²) in [5.41, 5.74) is 4.85. The van der Waals surface area contributed by atoms with Gasteiger partial charge >= 0.3 is 0 Å². The summed E-state index contributed by atoms with van der Waals surface area (Å²) in [6, 6.07) is 14.2. The molecule has 0 spiro atoms. The molecule has 4 nitrogen and oxygen atoms in total. The number of para-hydroxylation sites is 1. The molecule has 0 saturated heterocycles. The van der Waals surface area contributed by atoms with Gasteiger partial charge in [-0.05, 0) is 55.8 Å². The zero-order valence-electron chi connectivity index (χ0n) is 17.0. The molecule has 0 radical (unpaired) electrons. The molecule has 1 aromatic heterocycles. The quantitative estimate of drug-likeness (QED) is 0.340. The summed E-state index contributed by atoms with van der Waals surface area (Å²) in [4.78, 5) is 0. The van der Waals surface area contributed by atoms with Crippen LogP contribution in [0, 0.1) is 6.92 Å². The van der Waals surface area contributed by atoms with E-state index >= 15 is 0 Å². The smallest absolute Gasteiger partial charge is 0.0555 e. The van der Waals surface area contributed by atoms with E-state index in [0.29, 0.717) is 23.1 Å². The Morgan fingerprint density at radius 3 is 2.43 bits per heavy atom. The predicted octanol–water partition coefficient (Wildman–Crippen LogP) is 5.21. The largest absolute Gasteiger partial charge is 0.395 e. The van der Waals surface area contributed by atoms with E-state index in [2.05, 4.69) is 46.4 Å². The number of aromatic nitrogens is 1. The Labute approximate surface area is 200 Å². The van der Waals surface area contributed by atoms with Gasteiger partial charge in [-0.2, -0.15) is 0 Å². The Morgan fingerprint density at radius 1 is 0.967 bits per heavy atom. The topological polar surface area (TPSA) is 49.2 Å². The number of benzene rings is 2. The molecule has 1 heterocycles. The first-order valence-corrected chi connectivity index (χ1v) is 10.4. The van der Waals surface area contributed by atoms with Gasteiger partial charge in [0.1, 0.15) is 0 Å². The van der Waals surface area contributed by atoms with E-state index in [-0.39, 0.29) is 31.4 Å². The lowest BCUT2D eigenvalue weighted by Crippen LogP contribution is -2.24. The van der Waals surface area contributed by atoms with Crippen molar-refractivity contribution in [2.75, 3.05) is 26.2 Å². The number of aliphatic hydroxyl groups is 1. The van der Waals surface area contributed by atoms with E-state index in [1.165, 1.54) is 22.2 Å². The fourth-order valence-electron chi connectivity index (χ4n) is 3.51. The summed E-state index contributed by atoms with van der Waals surface area (Å²) >= 11 is 12.5. The van der Waals surface area contributed by atoms with E-state index in [4.69, 9.17) is 28.3 Å². The Kier molecular flexibility index (Phi) is 12.1. The number of aliphatic hydroxyl groups excluding tert-OH is 1. The highest BCUT2D eigenvalue weighted by Crippen LogP contribution is 2.29. The van der Waals surface area contributed by atoms with Crippen molar-refractivity contribution in [3.63, 3.8) is 0 Å². The zero-order valence-corrected chi connectivity index (χ0v) is 20.1. The molecule has 8 heteroatoms. The lowest BCUT2D eigenvalue weighted by Gasteiger charge is -2.11. The fraction of sp³-hybridized carbons (Fsp3) is 0.364. The molecule has 0 fully saturated rings. The average molecular weight is 493 g/mol. The van der Waals surface area contributed by atoms with E-state index in [1.807, 2.05) is 12.1 Å². The minimum Gasteiger partial charge on any atom is -0.395 e. The molecule has 3 aromatic rings. The van der Waals surface area contributed by atoms with Crippen LogP contribution in [0.3, 0.4) is 0 Å². The normalized spacial score (nSPS) is 10.7. The second-order valence-electron chi connectivity index (χ2n) is 6.91. The molecular weight excluding hydrogens is 464 g/mol. The molecule has 3 rings (SSSR count). The number of hydrogen-bond acceptors (Lipinski definition) is 3. The van der Waals surface area contributed by atoms with Gasteiger partial charge in [0, 0.05) is 46.3 Å². The Morgan fingerprint density at radius 2 is 1.70 bits per heavy atom. The van der Waals surface area contributed by atoms with Crippen molar-refractivity contribution >= 4 is 58.9 Å². The van der Waals surface area contributed by atoms with Crippen LogP contribution in [-0.4, -0.2) is 35.9 Å². The lowest BCUT2D eigenvalue weighted by molar-refractivity contribution is 0.292. The molecule has 0 amide bonds. The van der Waals surface area contributed by atoms with Gasteiger partial charge < -0.3 is 20.3 Å². The highest BCUT2D eigenvalue weighted by molar-refractivity contribution is 6.35. The van der Waals surface area contributed by atoms with Gasteiger partial charge in [-0.1, -0.05) is 47.5 Å². The van der Waals surface area contributed by atoms with Crippen molar-refractivity contribution in [1.29, 1.82) is 0 Å². The third-order valence-electron chi connectivity index (χ3n) is 5.00.